The molecule has 0 spiro atoms. The number of amides is 1. The van der Waals surface area contributed by atoms with Crippen molar-refractivity contribution in [3.05, 3.63) is 35.4 Å². The fraction of sp³-hybridized carbons (Fsp3) is 0.300. The van der Waals surface area contributed by atoms with Crippen molar-refractivity contribution >= 4 is 5.91 Å². The van der Waals surface area contributed by atoms with Gasteiger partial charge in [-0.25, -0.2) is 8.78 Å². The van der Waals surface area contributed by atoms with Crippen molar-refractivity contribution < 1.29 is 18.3 Å². The Hall–Kier alpha value is -1.49. The number of carbonyl (C=O) groups excluding carboxylic acids is 1. The van der Waals surface area contributed by atoms with Gasteiger partial charge in [0.05, 0.1) is 6.61 Å². The van der Waals surface area contributed by atoms with Crippen LogP contribution in [0.4, 0.5) is 8.78 Å². The van der Waals surface area contributed by atoms with Crippen molar-refractivity contribution in [2.45, 2.75) is 0 Å². The van der Waals surface area contributed by atoms with Crippen LogP contribution in [0, 0.1) is 11.6 Å². The highest BCUT2D eigenvalue weighted by molar-refractivity contribution is 5.94. The first-order valence-electron chi connectivity index (χ1n) is 4.50. The average molecular weight is 213 g/mol. The molecule has 1 heterocycles. The predicted molar refractivity (Wildman–Crippen MR) is 48.2 cm³/mol. The van der Waals surface area contributed by atoms with Crippen molar-refractivity contribution in [2.75, 3.05) is 19.9 Å². The Balaban J connectivity index is 2.21. The Bertz CT molecular complexity index is 389. The van der Waals surface area contributed by atoms with Crippen molar-refractivity contribution in [3.63, 3.8) is 0 Å². The lowest BCUT2D eigenvalue weighted by atomic mass is 10.2. The summed E-state index contributed by atoms with van der Waals surface area (Å²) in [5.74, 6) is -2.31. The van der Waals surface area contributed by atoms with Gasteiger partial charge in [-0.15, -0.1) is 0 Å². The zero-order chi connectivity index (χ0) is 10.8. The molecule has 1 aromatic carbocycles. The SMILES string of the molecule is O=C(c1ccc(F)c(F)c1)N1CCOC1. The van der Waals surface area contributed by atoms with E-state index < -0.39 is 11.6 Å². The molecule has 0 saturated carbocycles. The van der Waals surface area contributed by atoms with Gasteiger partial charge in [0.2, 0.25) is 0 Å². The van der Waals surface area contributed by atoms with Crippen LogP contribution in [-0.4, -0.2) is 30.7 Å². The lowest BCUT2D eigenvalue weighted by Crippen LogP contribution is -2.28. The lowest BCUT2D eigenvalue weighted by molar-refractivity contribution is 0.0694. The van der Waals surface area contributed by atoms with E-state index in [1.807, 2.05) is 0 Å². The molecule has 1 fully saturated rings. The van der Waals surface area contributed by atoms with Crippen molar-refractivity contribution in [1.29, 1.82) is 0 Å². The number of hydrogen-bond donors (Lipinski definition) is 0. The maximum atomic E-state index is 12.8. The van der Waals surface area contributed by atoms with Crippen LogP contribution in [0.5, 0.6) is 0 Å². The highest BCUT2D eigenvalue weighted by Gasteiger charge is 2.20. The van der Waals surface area contributed by atoms with Gasteiger partial charge in [-0.1, -0.05) is 0 Å². The molecule has 0 bridgehead atoms. The Kier molecular flexibility index (Phi) is 2.64. The van der Waals surface area contributed by atoms with Crippen LogP contribution in [-0.2, 0) is 4.74 Å². The minimum Gasteiger partial charge on any atom is -0.359 e. The van der Waals surface area contributed by atoms with Gasteiger partial charge in [-0.2, -0.15) is 0 Å². The number of rotatable bonds is 1. The summed E-state index contributed by atoms with van der Waals surface area (Å²) < 4.78 is 30.5. The van der Waals surface area contributed by atoms with Crippen molar-refractivity contribution in [3.8, 4) is 0 Å². The van der Waals surface area contributed by atoms with Crippen LogP contribution in [0.2, 0.25) is 0 Å². The first-order chi connectivity index (χ1) is 7.18. The van der Waals surface area contributed by atoms with E-state index in [-0.39, 0.29) is 18.2 Å². The fourth-order valence-electron chi connectivity index (χ4n) is 1.39. The van der Waals surface area contributed by atoms with Crippen LogP contribution >= 0.6 is 0 Å². The topological polar surface area (TPSA) is 29.5 Å². The zero-order valence-electron chi connectivity index (χ0n) is 7.87. The van der Waals surface area contributed by atoms with Crippen LogP contribution in [0.3, 0.4) is 0 Å². The van der Waals surface area contributed by atoms with E-state index in [9.17, 15) is 13.6 Å². The Morgan fingerprint density at radius 2 is 2.13 bits per heavy atom. The summed E-state index contributed by atoms with van der Waals surface area (Å²) in [6.45, 7) is 1.17. The van der Waals surface area contributed by atoms with Gasteiger partial charge in [0.1, 0.15) is 6.73 Å². The van der Waals surface area contributed by atoms with Crippen LogP contribution in [0.15, 0.2) is 18.2 Å². The van der Waals surface area contributed by atoms with E-state index in [0.29, 0.717) is 13.2 Å². The van der Waals surface area contributed by atoms with Gasteiger partial charge in [0, 0.05) is 12.1 Å². The summed E-state index contributed by atoms with van der Waals surface area (Å²) in [6, 6.07) is 3.11. The Morgan fingerprint density at radius 1 is 1.33 bits per heavy atom. The normalized spacial score (nSPS) is 15.7. The highest BCUT2D eigenvalue weighted by atomic mass is 19.2. The molecule has 1 aliphatic heterocycles. The van der Waals surface area contributed by atoms with E-state index in [0.717, 1.165) is 12.1 Å². The highest BCUT2D eigenvalue weighted by Crippen LogP contribution is 2.12. The summed E-state index contributed by atoms with van der Waals surface area (Å²) in [4.78, 5) is 13.1. The molecule has 0 radical (unpaired) electrons. The largest absolute Gasteiger partial charge is 0.359 e. The summed E-state index contributed by atoms with van der Waals surface area (Å²) in [7, 11) is 0. The second-order valence-corrected chi connectivity index (χ2v) is 3.23. The standard InChI is InChI=1S/C10H9F2NO2/c11-8-2-1-7(5-9(8)12)10(14)13-3-4-15-6-13/h1-2,5H,3-4,6H2. The van der Waals surface area contributed by atoms with E-state index >= 15 is 0 Å². The third kappa shape index (κ3) is 1.97. The number of hydrogen-bond acceptors (Lipinski definition) is 2. The van der Waals surface area contributed by atoms with Crippen LogP contribution in [0.25, 0.3) is 0 Å². The molecular formula is C10H9F2NO2. The second-order valence-electron chi connectivity index (χ2n) is 3.23. The van der Waals surface area contributed by atoms with E-state index in [1.165, 1.54) is 11.0 Å². The first-order valence-corrected chi connectivity index (χ1v) is 4.50. The molecule has 0 aromatic heterocycles. The van der Waals surface area contributed by atoms with E-state index in [1.54, 1.807) is 0 Å². The molecule has 1 aromatic rings. The molecule has 1 saturated heterocycles. The average Bonchev–Trinajstić information content (AvgIpc) is 2.74. The van der Waals surface area contributed by atoms with Crippen molar-refractivity contribution in [1.82, 2.24) is 4.90 Å². The van der Waals surface area contributed by atoms with Gasteiger partial charge in [0.25, 0.3) is 5.91 Å². The van der Waals surface area contributed by atoms with Crippen LogP contribution < -0.4 is 0 Å². The molecule has 80 valence electrons. The quantitative estimate of drug-likeness (QED) is 0.705. The molecular weight excluding hydrogens is 204 g/mol. The van der Waals surface area contributed by atoms with Gasteiger partial charge < -0.3 is 9.64 Å². The third-order valence-electron chi connectivity index (χ3n) is 2.21. The minimum atomic E-state index is -1.01. The molecule has 15 heavy (non-hydrogen) atoms. The van der Waals surface area contributed by atoms with Crippen LogP contribution in [0.1, 0.15) is 10.4 Å². The molecule has 0 aliphatic carbocycles. The number of benzene rings is 1. The summed E-state index contributed by atoms with van der Waals surface area (Å²) in [6.07, 6.45) is 0. The summed E-state index contributed by atoms with van der Waals surface area (Å²) in [5.41, 5.74) is 0.138. The minimum absolute atomic E-state index is 0.138. The molecule has 0 unspecified atom stereocenters. The second kappa shape index (κ2) is 3.94. The lowest BCUT2D eigenvalue weighted by Gasteiger charge is -2.13. The number of halogens is 2. The Morgan fingerprint density at radius 3 is 2.73 bits per heavy atom. The van der Waals surface area contributed by atoms with Gasteiger partial charge in [-0.3, -0.25) is 4.79 Å². The first kappa shape index (κ1) is 10.0. The monoisotopic (exact) mass is 213 g/mol. The number of ether oxygens (including phenoxy) is 1. The Labute approximate surface area is 85.3 Å². The maximum Gasteiger partial charge on any atom is 0.255 e. The smallest absolute Gasteiger partial charge is 0.255 e. The number of carbonyl (C=O) groups is 1. The predicted octanol–water partition coefficient (Wildman–Crippen LogP) is 1.39. The maximum absolute atomic E-state index is 12.8. The van der Waals surface area contributed by atoms with E-state index in [4.69, 9.17) is 4.74 Å². The third-order valence-corrected chi connectivity index (χ3v) is 2.21. The molecule has 0 N–H and O–H groups in total. The zero-order valence-corrected chi connectivity index (χ0v) is 7.87. The van der Waals surface area contributed by atoms with Gasteiger partial charge >= 0.3 is 0 Å². The number of nitrogens with zero attached hydrogens (tertiary/aromatic N) is 1. The summed E-state index contributed by atoms with van der Waals surface area (Å²) >= 11 is 0. The molecule has 5 heteroatoms. The van der Waals surface area contributed by atoms with Gasteiger partial charge in [0.15, 0.2) is 11.6 Å². The molecule has 1 amide bonds. The van der Waals surface area contributed by atoms with E-state index in [2.05, 4.69) is 0 Å². The molecule has 3 nitrogen and oxygen atoms in total. The molecule has 1 aliphatic rings. The molecule has 2 rings (SSSR count). The summed E-state index contributed by atoms with van der Waals surface area (Å²) in [5, 5.41) is 0. The van der Waals surface area contributed by atoms with Gasteiger partial charge in [-0.05, 0) is 18.2 Å². The van der Waals surface area contributed by atoms with Crippen molar-refractivity contribution in [2.24, 2.45) is 0 Å². The molecule has 0 atom stereocenters. The fourth-order valence-corrected chi connectivity index (χ4v) is 1.39.